The monoisotopic (exact) mass is 282 g/mol. The van der Waals surface area contributed by atoms with E-state index in [1.807, 2.05) is 24.3 Å². The van der Waals surface area contributed by atoms with E-state index in [-0.39, 0.29) is 0 Å². The molecule has 4 heteroatoms. The third-order valence-electron chi connectivity index (χ3n) is 3.57. The Kier molecular flexibility index (Phi) is 5.95. The van der Waals surface area contributed by atoms with Crippen molar-refractivity contribution in [3.8, 4) is 5.75 Å². The van der Waals surface area contributed by atoms with Gasteiger partial charge in [-0.3, -0.25) is 4.90 Å². The third-order valence-corrected chi connectivity index (χ3v) is 3.89. The molecular weight excluding hydrogens is 260 g/mol. The normalized spacial score (nSPS) is 20.4. The molecule has 0 amide bonds. The number of hydrogen-bond donors (Lipinski definition) is 1. The summed E-state index contributed by atoms with van der Waals surface area (Å²) in [6.07, 6.45) is 2.25. The Morgan fingerprint density at radius 1 is 1.37 bits per heavy atom. The Balaban J connectivity index is 1.61. The van der Waals surface area contributed by atoms with Crippen molar-refractivity contribution in [3.63, 3.8) is 0 Å². The quantitative estimate of drug-likeness (QED) is 0.812. The fourth-order valence-electron chi connectivity index (χ4n) is 2.38. The van der Waals surface area contributed by atoms with E-state index in [9.17, 15) is 0 Å². The van der Waals surface area contributed by atoms with Crippen LogP contribution in [0.2, 0.25) is 5.02 Å². The molecule has 1 aliphatic rings. The van der Waals surface area contributed by atoms with Gasteiger partial charge >= 0.3 is 0 Å². The van der Waals surface area contributed by atoms with E-state index in [0.29, 0.717) is 11.1 Å². The van der Waals surface area contributed by atoms with Crippen molar-refractivity contribution in [1.82, 2.24) is 10.2 Å². The van der Waals surface area contributed by atoms with Crippen LogP contribution in [0.3, 0.4) is 0 Å². The van der Waals surface area contributed by atoms with Crippen molar-refractivity contribution >= 4 is 11.6 Å². The van der Waals surface area contributed by atoms with Crippen LogP contribution in [-0.2, 0) is 0 Å². The smallest absolute Gasteiger partial charge is 0.137 e. The van der Waals surface area contributed by atoms with Crippen LogP contribution in [0.25, 0.3) is 0 Å². The van der Waals surface area contributed by atoms with Gasteiger partial charge in [0.05, 0.1) is 11.6 Å². The first-order chi connectivity index (χ1) is 9.27. The van der Waals surface area contributed by atoms with Gasteiger partial charge in [-0.1, -0.05) is 23.7 Å². The van der Waals surface area contributed by atoms with Gasteiger partial charge in [0.15, 0.2) is 0 Å². The molecule has 1 aromatic carbocycles. The molecule has 1 fully saturated rings. The molecule has 2 rings (SSSR count). The highest BCUT2D eigenvalue weighted by Gasteiger charge is 2.16. The first kappa shape index (κ1) is 14.6. The molecule has 1 aromatic rings. The second-order valence-electron chi connectivity index (χ2n) is 5.08. The van der Waals surface area contributed by atoms with Crippen molar-refractivity contribution < 1.29 is 4.74 Å². The second kappa shape index (κ2) is 7.73. The Morgan fingerprint density at radius 3 is 3.00 bits per heavy atom. The van der Waals surface area contributed by atoms with E-state index in [2.05, 4.69) is 17.1 Å². The standard InChI is InChI=1S/C15H23ClN2O/c1-13-12-17-8-10-18(13)9-4-5-11-19-15-7-3-2-6-14(15)16/h2-3,6-7,13,17H,4-5,8-12H2,1H3. The highest BCUT2D eigenvalue weighted by Crippen LogP contribution is 2.23. The molecule has 1 aliphatic heterocycles. The number of para-hydroxylation sites is 1. The zero-order valence-corrected chi connectivity index (χ0v) is 12.3. The number of rotatable bonds is 6. The number of unbranched alkanes of at least 4 members (excludes halogenated alkanes) is 1. The van der Waals surface area contributed by atoms with Gasteiger partial charge < -0.3 is 10.1 Å². The molecule has 0 radical (unpaired) electrons. The van der Waals surface area contributed by atoms with Gasteiger partial charge in [-0.25, -0.2) is 0 Å². The van der Waals surface area contributed by atoms with Gasteiger partial charge in [0, 0.05) is 25.7 Å². The zero-order valence-electron chi connectivity index (χ0n) is 11.6. The van der Waals surface area contributed by atoms with Crippen molar-refractivity contribution in [1.29, 1.82) is 0 Å². The number of benzene rings is 1. The minimum absolute atomic E-state index is 0.651. The first-order valence-corrected chi connectivity index (χ1v) is 7.47. The minimum atomic E-state index is 0.651. The fraction of sp³-hybridized carbons (Fsp3) is 0.600. The summed E-state index contributed by atoms with van der Waals surface area (Å²) in [5.74, 6) is 0.791. The third kappa shape index (κ3) is 4.68. The summed E-state index contributed by atoms with van der Waals surface area (Å²) in [5.41, 5.74) is 0. The lowest BCUT2D eigenvalue weighted by atomic mass is 10.2. The molecule has 3 nitrogen and oxygen atoms in total. The number of halogens is 1. The maximum Gasteiger partial charge on any atom is 0.137 e. The summed E-state index contributed by atoms with van der Waals surface area (Å²) in [4.78, 5) is 2.55. The van der Waals surface area contributed by atoms with E-state index in [0.717, 1.165) is 45.0 Å². The summed E-state index contributed by atoms with van der Waals surface area (Å²) in [7, 11) is 0. The lowest BCUT2D eigenvalue weighted by molar-refractivity contribution is 0.167. The molecule has 0 aromatic heterocycles. The van der Waals surface area contributed by atoms with Crippen molar-refractivity contribution in [2.45, 2.75) is 25.8 Å². The molecule has 1 saturated heterocycles. The van der Waals surface area contributed by atoms with Crippen LogP contribution in [0, 0.1) is 0 Å². The van der Waals surface area contributed by atoms with Crippen LogP contribution in [0.5, 0.6) is 5.75 Å². The van der Waals surface area contributed by atoms with Crippen LogP contribution in [0.4, 0.5) is 0 Å². The van der Waals surface area contributed by atoms with E-state index < -0.39 is 0 Å². The average Bonchev–Trinajstić information content (AvgIpc) is 2.42. The minimum Gasteiger partial charge on any atom is -0.492 e. The Labute approximate surface area is 120 Å². The van der Waals surface area contributed by atoms with Gasteiger partial charge in [-0.05, 0) is 38.4 Å². The van der Waals surface area contributed by atoms with Crippen LogP contribution in [0.1, 0.15) is 19.8 Å². The number of nitrogens with one attached hydrogen (secondary N) is 1. The highest BCUT2D eigenvalue weighted by atomic mass is 35.5. The van der Waals surface area contributed by atoms with Gasteiger partial charge in [0.2, 0.25) is 0 Å². The summed E-state index contributed by atoms with van der Waals surface area (Å²) in [5, 5.41) is 4.11. The Morgan fingerprint density at radius 2 is 2.21 bits per heavy atom. The van der Waals surface area contributed by atoms with E-state index >= 15 is 0 Å². The van der Waals surface area contributed by atoms with Crippen molar-refractivity contribution in [3.05, 3.63) is 29.3 Å². The van der Waals surface area contributed by atoms with Gasteiger partial charge in [0.25, 0.3) is 0 Å². The fourth-order valence-corrected chi connectivity index (χ4v) is 2.57. The van der Waals surface area contributed by atoms with Crippen LogP contribution < -0.4 is 10.1 Å². The summed E-state index contributed by atoms with van der Waals surface area (Å²) in [6, 6.07) is 8.29. The molecule has 0 aliphatic carbocycles. The molecule has 0 bridgehead atoms. The molecule has 19 heavy (non-hydrogen) atoms. The lowest BCUT2D eigenvalue weighted by Gasteiger charge is -2.33. The predicted molar refractivity (Wildman–Crippen MR) is 80.1 cm³/mol. The predicted octanol–water partition coefficient (Wildman–Crippen LogP) is 2.79. The van der Waals surface area contributed by atoms with Gasteiger partial charge in [-0.15, -0.1) is 0 Å². The van der Waals surface area contributed by atoms with Gasteiger partial charge in [-0.2, -0.15) is 0 Å². The topological polar surface area (TPSA) is 24.5 Å². The van der Waals surface area contributed by atoms with Crippen molar-refractivity contribution in [2.75, 3.05) is 32.8 Å². The molecular formula is C15H23ClN2O. The van der Waals surface area contributed by atoms with E-state index in [1.165, 1.54) is 6.42 Å². The zero-order chi connectivity index (χ0) is 13.5. The first-order valence-electron chi connectivity index (χ1n) is 7.09. The largest absolute Gasteiger partial charge is 0.492 e. The average molecular weight is 283 g/mol. The van der Waals surface area contributed by atoms with Crippen LogP contribution >= 0.6 is 11.6 Å². The second-order valence-corrected chi connectivity index (χ2v) is 5.48. The molecule has 0 saturated carbocycles. The van der Waals surface area contributed by atoms with Crippen molar-refractivity contribution in [2.24, 2.45) is 0 Å². The van der Waals surface area contributed by atoms with Crippen LogP contribution in [-0.4, -0.2) is 43.7 Å². The highest BCUT2D eigenvalue weighted by molar-refractivity contribution is 6.32. The SMILES string of the molecule is CC1CNCCN1CCCCOc1ccccc1Cl. The summed E-state index contributed by atoms with van der Waals surface area (Å²) >= 11 is 6.04. The number of piperazine rings is 1. The number of ether oxygens (including phenoxy) is 1. The molecule has 0 spiro atoms. The summed E-state index contributed by atoms with van der Waals surface area (Å²) in [6.45, 7) is 7.56. The molecule has 1 N–H and O–H groups in total. The van der Waals surface area contributed by atoms with Gasteiger partial charge in [0.1, 0.15) is 5.75 Å². The van der Waals surface area contributed by atoms with Crippen LogP contribution in [0.15, 0.2) is 24.3 Å². The van der Waals surface area contributed by atoms with E-state index in [1.54, 1.807) is 0 Å². The maximum absolute atomic E-state index is 6.04. The molecule has 1 atom stereocenters. The molecule has 1 heterocycles. The number of nitrogens with zero attached hydrogens (tertiary/aromatic N) is 1. The molecule has 106 valence electrons. The Hall–Kier alpha value is -0.770. The summed E-state index contributed by atoms with van der Waals surface area (Å²) < 4.78 is 5.69. The Bertz CT molecular complexity index is 386. The number of hydrogen-bond acceptors (Lipinski definition) is 3. The lowest BCUT2D eigenvalue weighted by Crippen LogP contribution is -2.49. The van der Waals surface area contributed by atoms with E-state index in [4.69, 9.17) is 16.3 Å². The maximum atomic E-state index is 6.04. The molecule has 1 unspecified atom stereocenters.